The Balaban J connectivity index is 1.75. The van der Waals surface area contributed by atoms with Crippen LogP contribution in [0.5, 0.6) is 5.75 Å². The van der Waals surface area contributed by atoms with Gasteiger partial charge in [0.25, 0.3) is 5.92 Å². The van der Waals surface area contributed by atoms with E-state index in [0.717, 1.165) is 18.9 Å². The molecule has 1 aromatic heterocycles. The van der Waals surface area contributed by atoms with Crippen molar-refractivity contribution < 1.29 is 26.3 Å². The summed E-state index contributed by atoms with van der Waals surface area (Å²) >= 11 is 0. The summed E-state index contributed by atoms with van der Waals surface area (Å²) in [5.74, 6) is -3.45. The SMILES string of the molecule is CCCCOc1ccc(S(=O)(=O)N[C@@H]2C[C@H](n3cnnc3C)CC(F)(F)C2)cc1F. The highest BCUT2D eigenvalue weighted by atomic mass is 32.2. The number of unbranched alkanes of at least 4 members (excludes halogenated alkanes) is 1. The Morgan fingerprint density at radius 3 is 2.73 bits per heavy atom. The van der Waals surface area contributed by atoms with E-state index in [9.17, 15) is 21.6 Å². The van der Waals surface area contributed by atoms with Crippen molar-refractivity contribution in [3.8, 4) is 5.75 Å². The number of halogens is 3. The molecule has 0 radical (unpaired) electrons. The number of hydrogen-bond acceptors (Lipinski definition) is 5. The number of ether oxygens (including phenoxy) is 1. The first kappa shape index (κ1) is 22.5. The lowest BCUT2D eigenvalue weighted by Gasteiger charge is -2.35. The average Bonchev–Trinajstić information content (AvgIpc) is 3.07. The predicted octanol–water partition coefficient (Wildman–Crippen LogP) is 3.61. The number of benzene rings is 1. The van der Waals surface area contributed by atoms with Crippen molar-refractivity contribution in [1.29, 1.82) is 0 Å². The second-order valence-corrected chi connectivity index (χ2v) is 9.27. The predicted molar refractivity (Wildman–Crippen MR) is 104 cm³/mol. The molecule has 1 N–H and O–H groups in total. The molecule has 11 heteroatoms. The highest BCUT2D eigenvalue weighted by Crippen LogP contribution is 2.40. The Labute approximate surface area is 173 Å². The quantitative estimate of drug-likeness (QED) is 0.626. The summed E-state index contributed by atoms with van der Waals surface area (Å²) < 4.78 is 77.4. The van der Waals surface area contributed by atoms with Gasteiger partial charge in [0.05, 0.1) is 11.5 Å². The summed E-state index contributed by atoms with van der Waals surface area (Å²) in [4.78, 5) is -0.339. The normalized spacial score (nSPS) is 21.5. The first-order chi connectivity index (χ1) is 14.1. The fourth-order valence-electron chi connectivity index (χ4n) is 3.62. The van der Waals surface area contributed by atoms with Crippen LogP contribution in [0.25, 0.3) is 0 Å². The van der Waals surface area contributed by atoms with Gasteiger partial charge >= 0.3 is 0 Å². The molecule has 1 aliphatic rings. The second-order valence-electron chi connectivity index (χ2n) is 7.55. The van der Waals surface area contributed by atoms with Crippen LogP contribution in [-0.2, 0) is 10.0 Å². The van der Waals surface area contributed by atoms with Gasteiger partial charge in [-0.15, -0.1) is 10.2 Å². The van der Waals surface area contributed by atoms with E-state index >= 15 is 0 Å². The van der Waals surface area contributed by atoms with Crippen LogP contribution >= 0.6 is 0 Å². The van der Waals surface area contributed by atoms with Crippen molar-refractivity contribution in [1.82, 2.24) is 19.5 Å². The van der Waals surface area contributed by atoms with E-state index in [1.165, 1.54) is 23.0 Å². The number of hydrogen-bond donors (Lipinski definition) is 1. The zero-order valence-corrected chi connectivity index (χ0v) is 17.6. The molecule has 30 heavy (non-hydrogen) atoms. The fourth-order valence-corrected chi connectivity index (χ4v) is 4.88. The zero-order valence-electron chi connectivity index (χ0n) is 16.8. The summed E-state index contributed by atoms with van der Waals surface area (Å²) in [6.07, 6.45) is 2.06. The molecule has 1 aliphatic carbocycles. The molecule has 1 fully saturated rings. The maximum Gasteiger partial charge on any atom is 0.251 e. The van der Waals surface area contributed by atoms with Gasteiger partial charge in [-0.1, -0.05) is 13.3 Å². The molecule has 7 nitrogen and oxygen atoms in total. The minimum absolute atomic E-state index is 0.0465. The molecule has 1 heterocycles. The number of alkyl halides is 2. The van der Waals surface area contributed by atoms with Gasteiger partial charge in [0.15, 0.2) is 11.6 Å². The molecule has 3 rings (SSSR count). The van der Waals surface area contributed by atoms with Crippen LogP contribution < -0.4 is 9.46 Å². The Hall–Kier alpha value is -2.14. The molecule has 1 saturated carbocycles. The Kier molecular flexibility index (Phi) is 6.71. The van der Waals surface area contributed by atoms with Gasteiger partial charge in [0.2, 0.25) is 10.0 Å². The van der Waals surface area contributed by atoms with Gasteiger partial charge < -0.3 is 9.30 Å². The molecule has 0 unspecified atom stereocenters. The molecule has 166 valence electrons. The molecule has 0 aliphatic heterocycles. The van der Waals surface area contributed by atoms with Crippen LogP contribution in [0.1, 0.15) is 50.9 Å². The van der Waals surface area contributed by atoms with Crippen molar-refractivity contribution in [3.05, 3.63) is 36.2 Å². The summed E-state index contributed by atoms with van der Waals surface area (Å²) in [5.41, 5.74) is 0. The summed E-state index contributed by atoms with van der Waals surface area (Å²) in [6.45, 7) is 3.93. The number of sulfonamides is 1. The van der Waals surface area contributed by atoms with Gasteiger partial charge in [-0.25, -0.2) is 26.3 Å². The highest BCUT2D eigenvalue weighted by molar-refractivity contribution is 7.89. The van der Waals surface area contributed by atoms with Crippen molar-refractivity contribution in [2.24, 2.45) is 0 Å². The van der Waals surface area contributed by atoms with Crippen LogP contribution in [-0.4, -0.2) is 41.8 Å². The van der Waals surface area contributed by atoms with Gasteiger partial charge in [-0.2, -0.15) is 0 Å². The smallest absolute Gasteiger partial charge is 0.251 e. The minimum atomic E-state index is -4.20. The van der Waals surface area contributed by atoms with E-state index in [1.807, 2.05) is 6.92 Å². The van der Waals surface area contributed by atoms with Crippen LogP contribution in [0.3, 0.4) is 0 Å². The van der Waals surface area contributed by atoms with Crippen LogP contribution in [0.15, 0.2) is 29.4 Å². The summed E-state index contributed by atoms with van der Waals surface area (Å²) in [7, 11) is -4.20. The number of nitrogens with zero attached hydrogens (tertiary/aromatic N) is 3. The van der Waals surface area contributed by atoms with Crippen molar-refractivity contribution in [2.75, 3.05) is 6.61 Å². The maximum absolute atomic E-state index is 14.3. The van der Waals surface area contributed by atoms with Crippen molar-refractivity contribution >= 4 is 10.0 Å². The van der Waals surface area contributed by atoms with E-state index in [1.54, 1.807) is 6.92 Å². The van der Waals surface area contributed by atoms with Crippen LogP contribution in [0.2, 0.25) is 0 Å². The molecular formula is C19H25F3N4O3S. The second kappa shape index (κ2) is 8.93. The first-order valence-corrected chi connectivity index (χ1v) is 11.3. The third-order valence-electron chi connectivity index (χ3n) is 5.07. The number of aryl methyl sites for hydroxylation is 1. The number of aromatic nitrogens is 3. The Morgan fingerprint density at radius 2 is 2.10 bits per heavy atom. The molecule has 1 aromatic carbocycles. The standard InChI is InChI=1S/C19H25F3N4O3S/c1-3-4-7-29-18-6-5-16(9-17(18)20)30(27,28)25-14-8-15(11-19(21,22)10-14)26-12-23-24-13(26)2/h5-6,9,12,14-15,25H,3-4,7-8,10-11H2,1-2H3/t14-,15+/m1/s1. The minimum Gasteiger partial charge on any atom is -0.491 e. The molecule has 0 amide bonds. The van der Waals surface area contributed by atoms with E-state index < -0.39 is 46.7 Å². The largest absolute Gasteiger partial charge is 0.491 e. The van der Waals surface area contributed by atoms with Crippen LogP contribution in [0.4, 0.5) is 13.2 Å². The summed E-state index contributed by atoms with van der Waals surface area (Å²) in [6, 6.07) is 1.61. The van der Waals surface area contributed by atoms with Gasteiger partial charge in [-0.3, -0.25) is 0 Å². The lowest BCUT2D eigenvalue weighted by molar-refractivity contribution is -0.0579. The van der Waals surface area contributed by atoms with Crippen molar-refractivity contribution in [2.45, 2.75) is 68.9 Å². The van der Waals surface area contributed by atoms with Gasteiger partial charge in [0, 0.05) is 24.9 Å². The van der Waals surface area contributed by atoms with E-state index in [0.29, 0.717) is 12.4 Å². The zero-order chi connectivity index (χ0) is 21.9. The van der Waals surface area contributed by atoms with Crippen molar-refractivity contribution in [3.63, 3.8) is 0 Å². The number of rotatable bonds is 8. The molecule has 0 spiro atoms. The number of nitrogens with one attached hydrogen (secondary N) is 1. The molecule has 2 atom stereocenters. The Morgan fingerprint density at radius 1 is 1.33 bits per heavy atom. The Bertz CT molecular complexity index is 981. The monoisotopic (exact) mass is 446 g/mol. The third kappa shape index (κ3) is 5.31. The molecular weight excluding hydrogens is 421 g/mol. The van der Waals surface area contributed by atoms with Gasteiger partial charge in [-0.05, 0) is 38.0 Å². The summed E-state index contributed by atoms with van der Waals surface area (Å²) in [5, 5.41) is 7.52. The first-order valence-electron chi connectivity index (χ1n) is 9.80. The topological polar surface area (TPSA) is 86.1 Å². The van der Waals surface area contributed by atoms with Crippen LogP contribution in [0, 0.1) is 12.7 Å². The maximum atomic E-state index is 14.3. The molecule has 0 bridgehead atoms. The highest BCUT2D eigenvalue weighted by Gasteiger charge is 2.43. The molecule has 0 saturated heterocycles. The lowest BCUT2D eigenvalue weighted by atomic mass is 9.88. The fraction of sp³-hybridized carbons (Fsp3) is 0.579. The third-order valence-corrected chi connectivity index (χ3v) is 6.59. The van der Waals surface area contributed by atoms with E-state index in [4.69, 9.17) is 4.74 Å². The van der Waals surface area contributed by atoms with Gasteiger partial charge in [0.1, 0.15) is 12.2 Å². The molecule has 2 aromatic rings. The average molecular weight is 446 g/mol. The van der Waals surface area contributed by atoms with E-state index in [-0.39, 0.29) is 17.1 Å². The lowest BCUT2D eigenvalue weighted by Crippen LogP contribution is -2.45. The van der Waals surface area contributed by atoms with E-state index in [2.05, 4.69) is 14.9 Å².